The Labute approximate surface area is 193 Å². The minimum atomic E-state index is -1.59. The molecular formula is C22H23FeO7P. The molecule has 0 aliphatic rings. The Kier molecular flexibility index (Phi) is 25.8. The van der Waals surface area contributed by atoms with E-state index < -0.39 is 8.60 Å². The number of hydrogen-bond acceptors (Lipinski definition) is 7. The smallest absolute Gasteiger partial charge is 0.409 e. The third kappa shape index (κ3) is 15.2. The van der Waals surface area contributed by atoms with Crippen LogP contribution in [0.25, 0.3) is 0 Å². The molecule has 0 N–H and O–H groups in total. The molecular weight excluding hydrogens is 463 g/mol. The van der Waals surface area contributed by atoms with Crippen LogP contribution in [-0.4, -0.2) is 27.2 Å². The molecule has 166 valence electrons. The zero-order valence-electron chi connectivity index (χ0n) is 16.6. The molecule has 0 heterocycles. The van der Waals surface area contributed by atoms with Gasteiger partial charge in [-0.05, 0) is 36.4 Å². The number of benzene rings is 3. The van der Waals surface area contributed by atoms with Gasteiger partial charge in [0, 0.05) is 17.1 Å². The number of carbonyl (C=O) groups excluding carboxylic acids is 4. The number of carbonyl (C=O) groups is 4. The first-order chi connectivity index (χ1) is 14.9. The van der Waals surface area contributed by atoms with Crippen molar-refractivity contribution in [3.63, 3.8) is 0 Å². The van der Waals surface area contributed by atoms with E-state index in [9.17, 15) is 0 Å². The molecule has 0 atom stereocenters. The van der Waals surface area contributed by atoms with Crippen molar-refractivity contribution in [3.8, 4) is 17.2 Å². The minimum Gasteiger partial charge on any atom is -0.409 e. The molecule has 0 aliphatic heterocycles. The summed E-state index contributed by atoms with van der Waals surface area (Å²) in [4.78, 5) is 32.0. The third-order valence-corrected chi connectivity index (χ3v) is 3.85. The van der Waals surface area contributed by atoms with Crippen LogP contribution in [-0.2, 0) is 36.2 Å². The monoisotopic (exact) mass is 486 g/mol. The van der Waals surface area contributed by atoms with Gasteiger partial charge in [-0.1, -0.05) is 54.6 Å². The van der Waals surface area contributed by atoms with Gasteiger partial charge in [-0.3, -0.25) is 0 Å². The first kappa shape index (κ1) is 32.4. The second-order valence-corrected chi connectivity index (χ2v) is 5.43. The zero-order valence-corrected chi connectivity index (χ0v) is 18.6. The van der Waals surface area contributed by atoms with Gasteiger partial charge < -0.3 is 32.7 Å². The predicted octanol–water partition coefficient (Wildman–Crippen LogP) is 4.71. The van der Waals surface area contributed by atoms with E-state index in [0.717, 1.165) is 0 Å². The average Bonchev–Trinajstić information content (AvgIpc) is 2.86. The number of rotatable bonds is 6. The maximum atomic E-state index is 8.00. The summed E-state index contributed by atoms with van der Waals surface area (Å²) in [5, 5.41) is 0. The van der Waals surface area contributed by atoms with E-state index in [4.69, 9.17) is 32.7 Å². The molecule has 0 spiro atoms. The van der Waals surface area contributed by atoms with E-state index >= 15 is 0 Å². The van der Waals surface area contributed by atoms with Gasteiger partial charge in [-0.2, -0.15) is 0 Å². The number of hydrogen-bond donors (Lipinski definition) is 0. The van der Waals surface area contributed by atoms with Crippen LogP contribution in [0.4, 0.5) is 0 Å². The molecule has 3 aromatic carbocycles. The molecule has 0 amide bonds. The zero-order chi connectivity index (χ0) is 23.0. The van der Waals surface area contributed by atoms with Gasteiger partial charge in [-0.15, -0.1) is 0 Å². The summed E-state index contributed by atoms with van der Waals surface area (Å²) in [7, 11) is -1.59. The summed E-state index contributed by atoms with van der Waals surface area (Å²) < 4.78 is 17.5. The number of para-hydroxylation sites is 3. The molecule has 3 rings (SSSR count). The predicted molar refractivity (Wildman–Crippen MR) is 117 cm³/mol. The van der Waals surface area contributed by atoms with Gasteiger partial charge in [0.1, 0.15) is 44.4 Å². The van der Waals surface area contributed by atoms with Crippen molar-refractivity contribution in [1.82, 2.24) is 0 Å². The van der Waals surface area contributed by atoms with Gasteiger partial charge in [0.25, 0.3) is 0 Å². The molecule has 0 aromatic heterocycles. The van der Waals surface area contributed by atoms with E-state index in [1.165, 1.54) is 0 Å². The van der Waals surface area contributed by atoms with Crippen molar-refractivity contribution in [1.29, 1.82) is 0 Å². The molecule has 0 fully saturated rings. The normalized spacial score (nSPS) is 7.77. The fourth-order valence-electron chi connectivity index (χ4n) is 1.76. The maximum absolute atomic E-state index is 8.00. The van der Waals surface area contributed by atoms with E-state index in [-0.39, 0.29) is 17.1 Å². The van der Waals surface area contributed by atoms with Gasteiger partial charge in [0.2, 0.25) is 0 Å². The molecule has 0 bridgehead atoms. The molecule has 9 heteroatoms. The summed E-state index contributed by atoms with van der Waals surface area (Å²) in [5.74, 6) is 2.13. The quantitative estimate of drug-likeness (QED) is 0.368. The van der Waals surface area contributed by atoms with Crippen LogP contribution >= 0.6 is 8.60 Å². The van der Waals surface area contributed by atoms with E-state index in [0.29, 0.717) is 17.2 Å². The van der Waals surface area contributed by atoms with Crippen LogP contribution in [0.2, 0.25) is 0 Å². The van der Waals surface area contributed by atoms with Crippen LogP contribution in [0.15, 0.2) is 91.0 Å². The average molecular weight is 486 g/mol. The summed E-state index contributed by atoms with van der Waals surface area (Å²) in [6.45, 7) is 8.00. The Morgan fingerprint density at radius 3 is 0.806 bits per heavy atom. The molecule has 0 radical (unpaired) electrons. The SMILES string of the molecule is C=O.C=O.C=O.C=O.[Fe].c1ccc(OP(Oc2ccccc2)Oc2ccccc2)cc1. The van der Waals surface area contributed by atoms with E-state index in [2.05, 4.69) is 0 Å². The van der Waals surface area contributed by atoms with Gasteiger partial charge in [0.15, 0.2) is 0 Å². The molecule has 0 saturated carbocycles. The fraction of sp³-hybridized carbons (Fsp3) is 0. The fourth-order valence-corrected chi connectivity index (χ4v) is 2.75. The molecule has 3 aromatic rings. The molecule has 0 aliphatic carbocycles. The van der Waals surface area contributed by atoms with Crippen molar-refractivity contribution in [3.05, 3.63) is 91.0 Å². The standard InChI is InChI=1S/C18H15O3P.4CH2O.Fe/c1-4-10-16(11-5-1)19-22(20-17-12-6-2-7-13-17)21-18-14-8-3-9-15-18;4*1-2;/h1-15H;4*1H2;. The first-order valence-corrected chi connectivity index (χ1v) is 9.14. The van der Waals surface area contributed by atoms with Crippen molar-refractivity contribution >= 4 is 35.8 Å². The van der Waals surface area contributed by atoms with Crippen LogP contribution in [0, 0.1) is 0 Å². The van der Waals surface area contributed by atoms with Crippen molar-refractivity contribution < 1.29 is 49.8 Å². The molecule has 0 unspecified atom stereocenters. The van der Waals surface area contributed by atoms with E-state index in [1.54, 1.807) is 0 Å². The maximum Gasteiger partial charge on any atom is 0.530 e. The summed E-state index contributed by atoms with van der Waals surface area (Å²) in [5.41, 5.74) is 0. The molecule has 31 heavy (non-hydrogen) atoms. The molecule has 7 nitrogen and oxygen atoms in total. The van der Waals surface area contributed by atoms with Crippen LogP contribution in [0.5, 0.6) is 17.2 Å². The molecule has 0 saturated heterocycles. The van der Waals surface area contributed by atoms with Crippen LogP contribution in [0.1, 0.15) is 0 Å². The van der Waals surface area contributed by atoms with Crippen LogP contribution in [0.3, 0.4) is 0 Å². The second-order valence-electron chi connectivity index (χ2n) is 4.44. The third-order valence-electron chi connectivity index (χ3n) is 2.77. The minimum absolute atomic E-state index is 0. The first-order valence-electron chi connectivity index (χ1n) is 8.05. The Balaban J connectivity index is -0.000000785. The van der Waals surface area contributed by atoms with Gasteiger partial charge >= 0.3 is 8.60 Å². The summed E-state index contributed by atoms with van der Waals surface area (Å²) in [6, 6.07) is 28.5. The Morgan fingerprint density at radius 2 is 0.613 bits per heavy atom. The van der Waals surface area contributed by atoms with E-state index in [1.807, 2.05) is 118 Å². The van der Waals surface area contributed by atoms with Gasteiger partial charge in [-0.25, -0.2) is 0 Å². The van der Waals surface area contributed by atoms with Crippen LogP contribution < -0.4 is 13.6 Å². The topological polar surface area (TPSA) is 96.0 Å². The largest absolute Gasteiger partial charge is 0.530 e. The Hall–Kier alpha value is -3.31. The van der Waals surface area contributed by atoms with Crippen molar-refractivity contribution in [2.75, 3.05) is 0 Å². The summed E-state index contributed by atoms with van der Waals surface area (Å²) in [6.07, 6.45) is 0. The van der Waals surface area contributed by atoms with Crippen molar-refractivity contribution in [2.24, 2.45) is 0 Å². The van der Waals surface area contributed by atoms with Crippen molar-refractivity contribution in [2.45, 2.75) is 0 Å². The Bertz CT molecular complexity index is 645. The Morgan fingerprint density at radius 1 is 0.419 bits per heavy atom. The van der Waals surface area contributed by atoms with Gasteiger partial charge in [0.05, 0.1) is 0 Å². The second kappa shape index (κ2) is 24.7. The summed E-state index contributed by atoms with van der Waals surface area (Å²) >= 11 is 0.